The van der Waals surface area contributed by atoms with Crippen LogP contribution in [-0.2, 0) is 23.9 Å². The standard InChI is InChI=1S/C28H22N4O6S2/c1-2-16-14-39-26-20(31-24(35)22(34)19-13-29-28(40-19)30-15-33)25(36)32(26)21(16)27(37)38-23(17-9-5-3-6-10-17)18-11-7-4-8-12-18/h2-13,15,20,23,26H,1,14H2,(H,31,35)(H,29,30,33)/t20?,26-/m1/s1. The number of anilines is 1. The van der Waals surface area contributed by atoms with Crippen LogP contribution >= 0.6 is 23.1 Å². The number of hydrogen-bond donors (Lipinski definition) is 2. The second-order valence-electron chi connectivity index (χ2n) is 8.67. The Morgan fingerprint density at radius 1 is 1.07 bits per heavy atom. The van der Waals surface area contributed by atoms with Crippen molar-refractivity contribution in [2.75, 3.05) is 11.1 Å². The number of carbonyl (C=O) groups is 5. The van der Waals surface area contributed by atoms with Gasteiger partial charge in [0.05, 0.1) is 6.20 Å². The van der Waals surface area contributed by atoms with Gasteiger partial charge in [0.1, 0.15) is 22.0 Å². The molecule has 0 radical (unpaired) electrons. The summed E-state index contributed by atoms with van der Waals surface area (Å²) in [4.78, 5) is 67.8. The number of carbonyl (C=O) groups excluding carboxylic acids is 5. The van der Waals surface area contributed by atoms with Crippen molar-refractivity contribution in [2.24, 2.45) is 0 Å². The van der Waals surface area contributed by atoms with Crippen LogP contribution in [0.3, 0.4) is 0 Å². The van der Waals surface area contributed by atoms with E-state index in [1.807, 2.05) is 60.7 Å². The summed E-state index contributed by atoms with van der Waals surface area (Å²) in [6.45, 7) is 3.80. The Balaban J connectivity index is 1.34. The van der Waals surface area contributed by atoms with E-state index in [9.17, 15) is 24.0 Å². The molecule has 10 nitrogen and oxygen atoms in total. The Bertz CT molecular complexity index is 1480. The van der Waals surface area contributed by atoms with Crippen molar-refractivity contribution in [1.29, 1.82) is 0 Å². The van der Waals surface area contributed by atoms with E-state index in [4.69, 9.17) is 4.74 Å². The number of allylic oxidation sites excluding steroid dienone is 1. The zero-order valence-electron chi connectivity index (χ0n) is 20.8. The number of nitrogens with one attached hydrogen (secondary N) is 2. The molecule has 5 rings (SSSR count). The second-order valence-corrected chi connectivity index (χ2v) is 10.8. The third kappa shape index (κ3) is 5.18. The predicted octanol–water partition coefficient (Wildman–Crippen LogP) is 3.07. The predicted molar refractivity (Wildman–Crippen MR) is 149 cm³/mol. The maximum atomic E-state index is 13.6. The first-order valence-corrected chi connectivity index (χ1v) is 13.9. The van der Waals surface area contributed by atoms with E-state index in [2.05, 4.69) is 22.2 Å². The van der Waals surface area contributed by atoms with Crippen molar-refractivity contribution in [2.45, 2.75) is 17.5 Å². The summed E-state index contributed by atoms with van der Waals surface area (Å²) in [6.07, 6.45) is 2.37. The van der Waals surface area contributed by atoms with Crippen molar-refractivity contribution >= 4 is 58.2 Å². The molecule has 0 saturated carbocycles. The first-order chi connectivity index (χ1) is 19.4. The molecule has 2 aliphatic heterocycles. The van der Waals surface area contributed by atoms with Gasteiger partial charge < -0.3 is 15.4 Å². The average molecular weight is 575 g/mol. The SMILES string of the molecule is C=CC1=C(C(=O)OC(c2ccccc2)c2ccccc2)N2C(=O)C(NC(=O)C(=O)c3cnc(NC=O)s3)[C@H]2SC1. The van der Waals surface area contributed by atoms with Crippen molar-refractivity contribution in [3.63, 3.8) is 0 Å². The van der Waals surface area contributed by atoms with E-state index in [0.29, 0.717) is 17.7 Å². The Morgan fingerprint density at radius 2 is 1.73 bits per heavy atom. The lowest BCUT2D eigenvalue weighted by molar-refractivity contribution is -0.154. The minimum Gasteiger partial charge on any atom is -0.448 e. The molecule has 3 heterocycles. The summed E-state index contributed by atoms with van der Waals surface area (Å²) in [5, 5.41) is 4.33. The topological polar surface area (TPSA) is 135 Å². The first kappa shape index (κ1) is 27.0. The zero-order valence-corrected chi connectivity index (χ0v) is 22.4. The number of β-lactam (4-membered cyclic amide) rings is 1. The number of aromatic nitrogens is 1. The number of fused-ring (bicyclic) bond motifs is 1. The number of nitrogens with zero attached hydrogens (tertiary/aromatic N) is 2. The van der Waals surface area contributed by atoms with Crippen molar-refractivity contribution < 1.29 is 28.7 Å². The summed E-state index contributed by atoms with van der Waals surface area (Å²) in [7, 11) is 0. The number of rotatable bonds is 10. The number of amides is 3. The molecule has 2 aromatic carbocycles. The highest BCUT2D eigenvalue weighted by Crippen LogP contribution is 2.42. The Kier molecular flexibility index (Phi) is 7.89. The minimum absolute atomic E-state index is 0.00717. The number of ether oxygens (including phenoxy) is 1. The first-order valence-electron chi connectivity index (χ1n) is 12.0. The van der Waals surface area contributed by atoms with Gasteiger partial charge >= 0.3 is 5.97 Å². The fraction of sp³-hybridized carbons (Fsp3) is 0.143. The molecule has 0 aliphatic carbocycles. The highest BCUT2D eigenvalue weighted by Gasteiger charge is 2.54. The maximum Gasteiger partial charge on any atom is 0.356 e. The van der Waals surface area contributed by atoms with E-state index in [0.717, 1.165) is 22.5 Å². The second kappa shape index (κ2) is 11.7. The molecule has 0 spiro atoms. The van der Waals surface area contributed by atoms with Gasteiger partial charge in [0, 0.05) is 5.75 Å². The molecule has 40 heavy (non-hydrogen) atoms. The molecule has 1 fully saturated rings. The van der Waals surface area contributed by atoms with Gasteiger partial charge in [-0.05, 0) is 16.7 Å². The van der Waals surface area contributed by atoms with Crippen LogP contribution in [0.15, 0.2) is 90.8 Å². The third-order valence-corrected chi connectivity index (χ3v) is 8.50. The highest BCUT2D eigenvalue weighted by atomic mass is 32.2. The lowest BCUT2D eigenvalue weighted by Crippen LogP contribution is -2.71. The molecule has 2 aliphatic rings. The van der Waals surface area contributed by atoms with Crippen LogP contribution in [0.1, 0.15) is 26.9 Å². The van der Waals surface area contributed by atoms with E-state index in [-0.39, 0.29) is 15.7 Å². The lowest BCUT2D eigenvalue weighted by atomic mass is 10.0. The van der Waals surface area contributed by atoms with Gasteiger partial charge in [0.15, 0.2) is 11.2 Å². The van der Waals surface area contributed by atoms with E-state index in [1.54, 1.807) is 0 Å². The Labute approximate surface area is 237 Å². The molecule has 1 aromatic heterocycles. The van der Waals surface area contributed by atoms with Crippen molar-refractivity contribution in [1.82, 2.24) is 15.2 Å². The average Bonchev–Trinajstić information content (AvgIpc) is 3.46. The van der Waals surface area contributed by atoms with E-state index >= 15 is 0 Å². The number of thiazole rings is 1. The molecule has 2 atom stereocenters. The number of esters is 1. The summed E-state index contributed by atoms with van der Waals surface area (Å²) in [6, 6.07) is 17.5. The molecular formula is C28H22N4O6S2. The van der Waals surface area contributed by atoms with Crippen LogP contribution in [0.2, 0.25) is 0 Å². The van der Waals surface area contributed by atoms with Gasteiger partial charge in [0.25, 0.3) is 17.6 Å². The normalized spacial score (nSPS) is 17.9. The minimum atomic E-state index is -1.02. The molecule has 3 aromatic rings. The molecular weight excluding hydrogens is 552 g/mol. The molecule has 1 saturated heterocycles. The molecule has 1 unspecified atom stereocenters. The zero-order chi connectivity index (χ0) is 28.2. The Hall–Kier alpha value is -4.55. The van der Waals surface area contributed by atoms with Gasteiger partial charge in [-0.25, -0.2) is 9.78 Å². The van der Waals surface area contributed by atoms with Crippen LogP contribution in [-0.4, -0.2) is 57.0 Å². The number of ketones is 1. The number of thioether (sulfide) groups is 1. The van der Waals surface area contributed by atoms with Gasteiger partial charge in [-0.1, -0.05) is 84.7 Å². The summed E-state index contributed by atoms with van der Waals surface area (Å²) < 4.78 is 6.00. The van der Waals surface area contributed by atoms with Crippen LogP contribution in [0, 0.1) is 0 Å². The van der Waals surface area contributed by atoms with Crippen molar-refractivity contribution in [3.05, 3.63) is 107 Å². The third-order valence-electron chi connectivity index (χ3n) is 6.27. The van der Waals surface area contributed by atoms with Crippen LogP contribution in [0.5, 0.6) is 0 Å². The lowest BCUT2D eigenvalue weighted by Gasteiger charge is -2.49. The number of Topliss-reactive ketones (excluding diaryl/α,β-unsaturated/α-hetero) is 1. The molecule has 3 amide bonds. The fourth-order valence-corrected chi connectivity index (χ4v) is 6.40. The summed E-state index contributed by atoms with van der Waals surface area (Å²) >= 11 is 2.17. The largest absolute Gasteiger partial charge is 0.448 e. The van der Waals surface area contributed by atoms with Crippen LogP contribution in [0.4, 0.5) is 5.13 Å². The number of benzene rings is 2. The molecule has 12 heteroatoms. The van der Waals surface area contributed by atoms with E-state index < -0.39 is 41.1 Å². The van der Waals surface area contributed by atoms with Crippen LogP contribution < -0.4 is 10.6 Å². The van der Waals surface area contributed by atoms with Gasteiger partial charge in [-0.2, -0.15) is 0 Å². The smallest absolute Gasteiger partial charge is 0.356 e. The summed E-state index contributed by atoms with van der Waals surface area (Å²) in [5.74, 6) is -2.78. The number of hydrogen-bond acceptors (Lipinski definition) is 9. The molecule has 0 bridgehead atoms. The van der Waals surface area contributed by atoms with Gasteiger partial charge in [0.2, 0.25) is 6.41 Å². The van der Waals surface area contributed by atoms with Gasteiger partial charge in [-0.3, -0.25) is 24.1 Å². The highest BCUT2D eigenvalue weighted by molar-refractivity contribution is 8.00. The molecule has 202 valence electrons. The molecule has 2 N–H and O–H groups in total. The quantitative estimate of drug-likeness (QED) is 0.124. The fourth-order valence-electron chi connectivity index (χ4n) is 4.35. The van der Waals surface area contributed by atoms with E-state index in [1.165, 1.54) is 28.9 Å². The summed E-state index contributed by atoms with van der Waals surface area (Å²) in [5.41, 5.74) is 2.11. The van der Waals surface area contributed by atoms with Crippen molar-refractivity contribution in [3.8, 4) is 0 Å². The monoisotopic (exact) mass is 574 g/mol. The maximum absolute atomic E-state index is 13.6. The van der Waals surface area contributed by atoms with Crippen LogP contribution in [0.25, 0.3) is 0 Å². The van der Waals surface area contributed by atoms with Gasteiger partial charge in [-0.15, -0.1) is 11.8 Å². The Morgan fingerprint density at radius 3 is 2.33 bits per heavy atom.